The molecule has 6 heterocycles. The molecule has 2 aromatic heterocycles. The van der Waals surface area contributed by atoms with Crippen LogP contribution in [-0.4, -0.2) is 155 Å². The van der Waals surface area contributed by atoms with Crippen molar-refractivity contribution in [3.63, 3.8) is 0 Å². The molecule has 0 saturated carbocycles. The van der Waals surface area contributed by atoms with E-state index >= 15 is 4.39 Å². The van der Waals surface area contributed by atoms with Crippen LogP contribution in [0.1, 0.15) is 124 Å². The van der Waals surface area contributed by atoms with Gasteiger partial charge in [-0.15, -0.1) is 0 Å². The van der Waals surface area contributed by atoms with Crippen LogP contribution in [0.2, 0.25) is 0 Å². The van der Waals surface area contributed by atoms with E-state index in [1.165, 1.54) is 27.7 Å². The Balaban J connectivity index is 0.803. The van der Waals surface area contributed by atoms with Gasteiger partial charge in [-0.25, -0.2) is 19.0 Å². The third-order valence-corrected chi connectivity index (χ3v) is 15.7. The summed E-state index contributed by atoms with van der Waals surface area (Å²) in [5, 5.41) is 18.4. The van der Waals surface area contributed by atoms with Gasteiger partial charge in [0.05, 0.1) is 75.1 Å². The fraction of sp³-hybridized carbons (Fsp3) is 0.561. The van der Waals surface area contributed by atoms with Crippen molar-refractivity contribution in [3.05, 3.63) is 73.8 Å². The monoisotopic (exact) mass is 1140 g/mol. The number of rotatable bonds is 28. The summed E-state index contributed by atoms with van der Waals surface area (Å²) in [6.07, 6.45) is 5.11. The molecule has 3 aromatic rings. The third kappa shape index (κ3) is 13.1. The van der Waals surface area contributed by atoms with Crippen LogP contribution in [0.4, 0.5) is 4.39 Å². The predicted molar refractivity (Wildman–Crippen MR) is 288 cm³/mol. The number of fused-ring (bicyclic) bond motifs is 5. The summed E-state index contributed by atoms with van der Waals surface area (Å²) < 4.78 is 44.9. The number of carboxylic acids is 1. The second-order valence-corrected chi connectivity index (χ2v) is 21.4. The van der Waals surface area contributed by atoms with Crippen LogP contribution in [-0.2, 0) is 92.0 Å². The van der Waals surface area contributed by atoms with E-state index in [9.17, 15) is 53.1 Å². The SMILES string of the molecule is CC[C@@]1(OC(=O)[C@@H](NC(=O)[C@@H]2CCCN2C(=O)[C@H](CC(=O)O)NC(=O)CCOCCOCCOCCNC(=O)CCCCCN2C(=O)C=CC2=O)C(C)C)C(=O)OCc2c1cc1n(c2=O)Cc2c-1nc1cc(F)c(C)c3c1c2[C@@H](N)CC3. The number of halogens is 1. The summed E-state index contributed by atoms with van der Waals surface area (Å²) in [5.41, 5.74) is 8.12. The second kappa shape index (κ2) is 26.6. The molecule has 442 valence electrons. The lowest BCUT2D eigenvalue weighted by molar-refractivity contribution is -0.191. The number of nitrogens with one attached hydrogen (secondary N) is 3. The first-order chi connectivity index (χ1) is 39.3. The summed E-state index contributed by atoms with van der Waals surface area (Å²) in [4.78, 5) is 139. The number of hydrogen-bond acceptors (Lipinski definition) is 17. The Morgan fingerprint density at radius 2 is 1.60 bits per heavy atom. The van der Waals surface area contributed by atoms with Crippen LogP contribution in [0.3, 0.4) is 0 Å². The number of nitrogens with two attached hydrogens (primary N) is 1. The molecular weight excluding hydrogens is 1070 g/mol. The lowest BCUT2D eigenvalue weighted by Gasteiger charge is -2.37. The number of likely N-dealkylation sites (tertiary alicyclic amines) is 1. The Bertz CT molecular complexity index is 3110. The van der Waals surface area contributed by atoms with Gasteiger partial charge in [0.1, 0.15) is 30.5 Å². The number of esters is 2. The molecule has 82 heavy (non-hydrogen) atoms. The first-order valence-corrected chi connectivity index (χ1v) is 28.0. The Morgan fingerprint density at radius 3 is 2.29 bits per heavy atom. The average Bonchev–Trinajstić information content (AvgIpc) is 4.19. The van der Waals surface area contributed by atoms with E-state index in [-0.39, 0.29) is 101 Å². The number of carbonyl (C=O) groups excluding carboxylic acids is 8. The number of aromatic nitrogens is 2. The van der Waals surface area contributed by atoms with Crippen LogP contribution < -0.4 is 27.2 Å². The second-order valence-electron chi connectivity index (χ2n) is 21.4. The van der Waals surface area contributed by atoms with Crippen molar-refractivity contribution in [2.24, 2.45) is 11.7 Å². The van der Waals surface area contributed by atoms with Crippen LogP contribution in [0.5, 0.6) is 0 Å². The third-order valence-electron chi connectivity index (χ3n) is 15.7. The first kappa shape index (κ1) is 60.6. The zero-order chi connectivity index (χ0) is 59.0. The number of amides is 6. The number of imide groups is 1. The molecule has 0 radical (unpaired) electrons. The summed E-state index contributed by atoms with van der Waals surface area (Å²) >= 11 is 0. The highest BCUT2D eigenvalue weighted by atomic mass is 19.1. The van der Waals surface area contributed by atoms with Crippen molar-refractivity contribution < 1.29 is 76.3 Å². The Kier molecular flexibility index (Phi) is 19.7. The number of carbonyl (C=O) groups is 9. The maximum absolute atomic E-state index is 15.3. The van der Waals surface area contributed by atoms with Gasteiger partial charge in [-0.3, -0.25) is 43.3 Å². The van der Waals surface area contributed by atoms with Crippen molar-refractivity contribution in [2.45, 2.75) is 141 Å². The smallest absolute Gasteiger partial charge is 0.355 e. The van der Waals surface area contributed by atoms with Crippen molar-refractivity contribution in [3.8, 4) is 11.4 Å². The zero-order valence-electron chi connectivity index (χ0n) is 46.6. The van der Waals surface area contributed by atoms with Gasteiger partial charge in [0.2, 0.25) is 29.2 Å². The Morgan fingerprint density at radius 1 is 0.890 bits per heavy atom. The maximum atomic E-state index is 15.3. The van der Waals surface area contributed by atoms with E-state index in [0.717, 1.165) is 21.4 Å². The van der Waals surface area contributed by atoms with E-state index < -0.39 is 95.7 Å². The fourth-order valence-corrected chi connectivity index (χ4v) is 11.3. The van der Waals surface area contributed by atoms with E-state index in [1.54, 1.807) is 33.8 Å². The topological polar surface area (TPSA) is 323 Å². The van der Waals surface area contributed by atoms with Gasteiger partial charge in [0.15, 0.2) is 0 Å². The molecule has 1 aromatic carbocycles. The molecule has 1 saturated heterocycles. The van der Waals surface area contributed by atoms with Gasteiger partial charge in [-0.05, 0) is 80.5 Å². The van der Waals surface area contributed by atoms with Gasteiger partial charge in [0.25, 0.3) is 17.4 Å². The lowest BCUT2D eigenvalue weighted by Crippen LogP contribution is -2.57. The Labute approximate surface area is 471 Å². The standard InChI is InChI=1S/C57H71FN8O16/c1-5-57(36-26-42-51-34(29-66(42)53(74)35(36)30-81-56(57)77)48-38(59)13-12-33-32(4)37(58)27-39(62-51)49(33)48)82-55(76)50(31(2)3)63-52(73)41-10-9-19-64(41)54(75)40(28-47(71)72)61-44(68)16-20-78-22-24-80-25-23-79-21-17-60-43(67)11-7-6-8-18-65-45(69)14-15-46(65)70/h14-15,26-27,31,38,40-41,50H,5-13,16-25,28-30,59H2,1-4H3,(H,60,67)(H,61,68)(H,63,73)(H,71,72)/t38-,40-,41-,50-,57-/m0/s1. The number of cyclic esters (lactones) is 1. The largest absolute Gasteiger partial charge is 0.481 e. The lowest BCUT2D eigenvalue weighted by atomic mass is 9.82. The number of pyridine rings is 2. The molecule has 8 rings (SSSR count). The highest BCUT2D eigenvalue weighted by Crippen LogP contribution is 2.46. The molecule has 6 N–H and O–H groups in total. The molecule has 24 nitrogen and oxygen atoms in total. The van der Waals surface area contributed by atoms with Gasteiger partial charge in [0, 0.05) is 73.2 Å². The molecule has 4 aliphatic heterocycles. The average molecular weight is 1140 g/mol. The van der Waals surface area contributed by atoms with E-state index in [1.807, 2.05) is 0 Å². The number of unbranched alkanes of at least 4 members (excludes halogenated alkanes) is 2. The molecule has 1 fully saturated rings. The van der Waals surface area contributed by atoms with Crippen molar-refractivity contribution in [1.29, 1.82) is 0 Å². The number of aryl methyl sites for hydroxylation is 1. The summed E-state index contributed by atoms with van der Waals surface area (Å²) in [5.74, 6) is -7.47. The van der Waals surface area contributed by atoms with Crippen LogP contribution in [0, 0.1) is 18.7 Å². The number of carboxylic acid groups (broad SMARTS) is 1. The zero-order valence-corrected chi connectivity index (χ0v) is 46.6. The van der Waals surface area contributed by atoms with E-state index in [0.29, 0.717) is 86.1 Å². The van der Waals surface area contributed by atoms with Gasteiger partial charge in [-0.2, -0.15) is 0 Å². The molecule has 0 bridgehead atoms. The maximum Gasteiger partial charge on any atom is 0.355 e. The van der Waals surface area contributed by atoms with Gasteiger partial charge < -0.3 is 59.9 Å². The number of aliphatic carboxylic acids is 1. The van der Waals surface area contributed by atoms with Crippen molar-refractivity contribution >= 4 is 64.3 Å². The molecular formula is C57H71FN8O16. The molecule has 0 spiro atoms. The highest BCUT2D eigenvalue weighted by Gasteiger charge is 2.52. The summed E-state index contributed by atoms with van der Waals surface area (Å²) in [7, 11) is 0. The van der Waals surface area contributed by atoms with Crippen LogP contribution in [0.25, 0.3) is 22.3 Å². The number of ether oxygens (including phenoxy) is 5. The first-order valence-electron chi connectivity index (χ1n) is 28.0. The number of benzene rings is 1. The molecule has 25 heteroatoms. The van der Waals surface area contributed by atoms with Crippen LogP contribution in [0.15, 0.2) is 29.1 Å². The van der Waals surface area contributed by atoms with Crippen molar-refractivity contribution in [2.75, 3.05) is 59.3 Å². The minimum atomic E-state index is -2.15. The predicted octanol–water partition coefficient (Wildman–Crippen LogP) is 2.16. The highest BCUT2D eigenvalue weighted by molar-refractivity contribution is 6.12. The number of hydrogen-bond donors (Lipinski definition) is 5. The summed E-state index contributed by atoms with van der Waals surface area (Å²) in [6.45, 7) is 7.88. The van der Waals surface area contributed by atoms with Crippen LogP contribution >= 0.6 is 0 Å². The van der Waals surface area contributed by atoms with E-state index in [4.69, 9.17) is 34.4 Å². The summed E-state index contributed by atoms with van der Waals surface area (Å²) in [6, 6.07) is -1.60. The minimum absolute atomic E-state index is 0.0406. The molecule has 1 aliphatic carbocycles. The normalized spacial score (nSPS) is 19.4. The quantitative estimate of drug-likeness (QED) is 0.0309. The van der Waals surface area contributed by atoms with Gasteiger partial charge >= 0.3 is 17.9 Å². The molecule has 6 amide bonds. The van der Waals surface area contributed by atoms with Crippen molar-refractivity contribution in [1.82, 2.24) is 35.3 Å². The van der Waals surface area contributed by atoms with Gasteiger partial charge in [-0.1, -0.05) is 27.2 Å². The Hall–Kier alpha value is -7.48. The fourth-order valence-electron chi connectivity index (χ4n) is 11.3. The molecule has 5 atom stereocenters. The molecule has 5 aliphatic rings. The number of nitrogens with zero attached hydrogens (tertiary/aromatic N) is 4. The van der Waals surface area contributed by atoms with E-state index in [2.05, 4.69) is 16.0 Å². The molecule has 0 unspecified atom stereocenters. The minimum Gasteiger partial charge on any atom is -0.481 e.